The molecule has 0 aliphatic carbocycles. The molecule has 2 unspecified atom stereocenters. The van der Waals surface area contributed by atoms with Crippen LogP contribution in [-0.2, 0) is 6.54 Å². The number of nitrogens with one attached hydrogen (secondary N) is 2. The summed E-state index contributed by atoms with van der Waals surface area (Å²) in [6.45, 7) is 4.79. The maximum absolute atomic E-state index is 14.2. The van der Waals surface area contributed by atoms with E-state index in [9.17, 15) is 13.6 Å². The molecule has 0 bridgehead atoms. The predicted octanol–water partition coefficient (Wildman–Crippen LogP) is 3.08. The monoisotopic (exact) mass is 439 g/mol. The number of nitrogens with two attached hydrogens (primary N) is 1. The van der Waals surface area contributed by atoms with E-state index in [4.69, 9.17) is 5.73 Å². The van der Waals surface area contributed by atoms with Gasteiger partial charge in [0, 0.05) is 17.6 Å². The lowest BCUT2D eigenvalue weighted by Crippen LogP contribution is -2.30. The van der Waals surface area contributed by atoms with Crippen molar-refractivity contribution in [3.8, 4) is 0 Å². The van der Waals surface area contributed by atoms with Crippen LogP contribution in [0.4, 0.5) is 14.5 Å². The summed E-state index contributed by atoms with van der Waals surface area (Å²) >= 11 is 0. The van der Waals surface area contributed by atoms with Crippen LogP contribution in [0.5, 0.6) is 0 Å². The molecule has 0 fully saturated rings. The van der Waals surface area contributed by atoms with Crippen molar-refractivity contribution in [3.05, 3.63) is 81.8 Å². The summed E-state index contributed by atoms with van der Waals surface area (Å²) < 4.78 is 29.5. The molecule has 2 aromatic heterocycles. The summed E-state index contributed by atoms with van der Waals surface area (Å²) in [5.41, 5.74) is 6.95. The van der Waals surface area contributed by atoms with Crippen molar-refractivity contribution in [2.45, 2.75) is 32.4 Å². The highest BCUT2D eigenvalue weighted by Crippen LogP contribution is 2.45. The van der Waals surface area contributed by atoms with E-state index in [1.165, 1.54) is 30.6 Å². The SMILES string of the molecule is CC.NCCn1ncnc1C1c2n[nH]c(=O)c3cc(F)cc(c23)NC1c1ccc(F)cc1. The second-order valence-corrected chi connectivity index (χ2v) is 7.10. The van der Waals surface area contributed by atoms with Gasteiger partial charge in [0.2, 0.25) is 0 Å². The summed E-state index contributed by atoms with van der Waals surface area (Å²) in [7, 11) is 0. The molecular weight excluding hydrogens is 416 g/mol. The number of benzene rings is 2. The van der Waals surface area contributed by atoms with Crippen LogP contribution in [0.2, 0.25) is 0 Å². The molecule has 5 rings (SSSR count). The lowest BCUT2D eigenvalue weighted by molar-refractivity contribution is 0.523. The fourth-order valence-corrected chi connectivity index (χ4v) is 4.06. The molecule has 3 heterocycles. The maximum Gasteiger partial charge on any atom is 0.272 e. The number of hydrogen-bond acceptors (Lipinski definition) is 6. The van der Waals surface area contributed by atoms with E-state index in [0.29, 0.717) is 35.7 Å². The molecule has 2 aromatic carbocycles. The number of halogens is 2. The highest BCUT2D eigenvalue weighted by Gasteiger charge is 2.38. The van der Waals surface area contributed by atoms with Crippen LogP contribution in [0.15, 0.2) is 47.5 Å². The first-order chi connectivity index (χ1) is 15.6. The average Bonchev–Trinajstić information content (AvgIpc) is 3.25. The number of anilines is 1. The molecule has 0 spiro atoms. The van der Waals surface area contributed by atoms with Crippen LogP contribution in [0.25, 0.3) is 10.8 Å². The van der Waals surface area contributed by atoms with Crippen LogP contribution in [0.1, 0.15) is 42.9 Å². The first-order valence-corrected chi connectivity index (χ1v) is 10.4. The molecule has 8 nitrogen and oxygen atoms in total. The zero-order valence-electron chi connectivity index (χ0n) is 17.6. The van der Waals surface area contributed by atoms with Crippen LogP contribution in [0, 0.1) is 11.6 Å². The topological polar surface area (TPSA) is 115 Å². The molecule has 4 aromatic rings. The van der Waals surface area contributed by atoms with E-state index in [2.05, 4.69) is 25.6 Å². The molecule has 0 radical (unpaired) electrons. The van der Waals surface area contributed by atoms with Crippen molar-refractivity contribution < 1.29 is 8.78 Å². The minimum atomic E-state index is -0.546. The Labute approximate surface area is 182 Å². The van der Waals surface area contributed by atoms with Gasteiger partial charge in [-0.15, -0.1) is 0 Å². The fourth-order valence-electron chi connectivity index (χ4n) is 4.06. The van der Waals surface area contributed by atoms with Crippen molar-refractivity contribution >= 4 is 16.5 Å². The highest BCUT2D eigenvalue weighted by atomic mass is 19.1. The lowest BCUT2D eigenvalue weighted by atomic mass is 9.83. The molecule has 1 aliphatic heterocycles. The van der Waals surface area contributed by atoms with E-state index in [0.717, 1.165) is 5.56 Å². The zero-order valence-corrected chi connectivity index (χ0v) is 17.6. The van der Waals surface area contributed by atoms with E-state index in [-0.39, 0.29) is 11.2 Å². The number of nitrogens with zero attached hydrogens (tertiary/aromatic N) is 4. The minimum absolute atomic E-state index is 0.190. The van der Waals surface area contributed by atoms with Gasteiger partial charge in [0.15, 0.2) is 0 Å². The summed E-state index contributed by atoms with van der Waals surface area (Å²) in [5, 5.41) is 15.0. The van der Waals surface area contributed by atoms with E-state index in [1.807, 2.05) is 13.8 Å². The Bertz CT molecular complexity index is 1300. The minimum Gasteiger partial charge on any atom is -0.376 e. The molecule has 32 heavy (non-hydrogen) atoms. The van der Waals surface area contributed by atoms with E-state index < -0.39 is 23.3 Å². The molecule has 2 atom stereocenters. The van der Waals surface area contributed by atoms with Gasteiger partial charge in [-0.3, -0.25) is 4.79 Å². The summed E-state index contributed by atoms with van der Waals surface area (Å²) in [5.74, 6) is -0.816. The van der Waals surface area contributed by atoms with Crippen molar-refractivity contribution in [1.29, 1.82) is 0 Å². The number of aromatic nitrogens is 5. The molecule has 0 amide bonds. The summed E-state index contributed by atoms with van der Waals surface area (Å²) in [4.78, 5) is 16.8. The van der Waals surface area contributed by atoms with Crippen molar-refractivity contribution in [1.82, 2.24) is 25.0 Å². The van der Waals surface area contributed by atoms with Gasteiger partial charge in [-0.25, -0.2) is 23.5 Å². The second kappa shape index (κ2) is 8.83. The van der Waals surface area contributed by atoms with Gasteiger partial charge >= 0.3 is 0 Å². The van der Waals surface area contributed by atoms with Crippen LogP contribution in [0.3, 0.4) is 0 Å². The van der Waals surface area contributed by atoms with Gasteiger partial charge in [-0.1, -0.05) is 26.0 Å². The Kier molecular flexibility index (Phi) is 5.95. The molecule has 0 saturated heterocycles. The molecule has 1 aliphatic rings. The normalized spacial score (nSPS) is 16.9. The Hall–Kier alpha value is -3.66. The first kappa shape index (κ1) is 21.6. The van der Waals surface area contributed by atoms with E-state index in [1.54, 1.807) is 16.8 Å². The van der Waals surface area contributed by atoms with Crippen LogP contribution >= 0.6 is 0 Å². The second-order valence-electron chi connectivity index (χ2n) is 7.10. The fraction of sp³-hybridized carbons (Fsp3) is 0.273. The predicted molar refractivity (Wildman–Crippen MR) is 117 cm³/mol. The number of H-pyrrole nitrogens is 1. The first-order valence-electron chi connectivity index (χ1n) is 10.4. The van der Waals surface area contributed by atoms with Gasteiger partial charge in [0.1, 0.15) is 23.8 Å². The molecule has 0 saturated carbocycles. The van der Waals surface area contributed by atoms with Crippen molar-refractivity contribution in [2.75, 3.05) is 11.9 Å². The van der Waals surface area contributed by atoms with Gasteiger partial charge in [0.05, 0.1) is 29.6 Å². The Balaban J connectivity index is 0.00000119. The zero-order chi connectivity index (χ0) is 22.8. The molecule has 4 N–H and O–H groups in total. The smallest absolute Gasteiger partial charge is 0.272 e. The number of rotatable bonds is 4. The number of hydrogen-bond donors (Lipinski definition) is 3. The Morgan fingerprint density at radius 1 is 1.12 bits per heavy atom. The van der Waals surface area contributed by atoms with Gasteiger partial charge in [-0.2, -0.15) is 10.2 Å². The third-order valence-electron chi connectivity index (χ3n) is 5.31. The van der Waals surface area contributed by atoms with Gasteiger partial charge in [0.25, 0.3) is 5.56 Å². The summed E-state index contributed by atoms with van der Waals surface area (Å²) in [6.07, 6.45) is 1.43. The standard InChI is InChI=1S/C20H17F2N7O.C2H6/c21-11-3-1-10(2-4-11)17-16(19-24-9-25-29(19)6-5-23)18-15-13(20(30)28-27-18)7-12(22)8-14(15)26-17;1-2/h1-4,7-9,16-17,26H,5-6,23H2,(H,28,30);1-2H3. The largest absolute Gasteiger partial charge is 0.376 e. The lowest BCUT2D eigenvalue weighted by Gasteiger charge is -2.34. The van der Waals surface area contributed by atoms with Crippen molar-refractivity contribution in [3.63, 3.8) is 0 Å². The highest BCUT2D eigenvalue weighted by molar-refractivity contribution is 5.97. The van der Waals surface area contributed by atoms with Gasteiger partial charge < -0.3 is 11.1 Å². The third kappa shape index (κ3) is 3.62. The molecule has 10 heteroatoms. The molecular formula is C22H23F2N7O. The quantitative estimate of drug-likeness (QED) is 0.450. The Morgan fingerprint density at radius 2 is 1.88 bits per heavy atom. The van der Waals surface area contributed by atoms with Crippen LogP contribution < -0.4 is 16.6 Å². The average molecular weight is 439 g/mol. The summed E-state index contributed by atoms with van der Waals surface area (Å²) in [6, 6.07) is 8.07. The molecule has 166 valence electrons. The van der Waals surface area contributed by atoms with Crippen molar-refractivity contribution in [2.24, 2.45) is 5.73 Å². The van der Waals surface area contributed by atoms with Gasteiger partial charge in [-0.05, 0) is 29.8 Å². The van der Waals surface area contributed by atoms with E-state index >= 15 is 0 Å². The Morgan fingerprint density at radius 3 is 2.59 bits per heavy atom. The van der Waals surface area contributed by atoms with Crippen LogP contribution in [-0.4, -0.2) is 31.5 Å². The third-order valence-corrected chi connectivity index (χ3v) is 5.31. The maximum atomic E-state index is 14.2. The number of aromatic amines is 1.